The maximum atomic E-state index is 13.0. The van der Waals surface area contributed by atoms with Crippen LogP contribution < -0.4 is 4.90 Å². The number of aliphatic hydroxyl groups excluding tert-OH is 1. The van der Waals surface area contributed by atoms with Crippen molar-refractivity contribution in [1.29, 1.82) is 0 Å². The van der Waals surface area contributed by atoms with Crippen molar-refractivity contribution in [1.82, 2.24) is 4.98 Å². The van der Waals surface area contributed by atoms with Crippen LogP contribution in [0, 0.1) is 13.8 Å². The first kappa shape index (κ1) is 17.7. The van der Waals surface area contributed by atoms with Gasteiger partial charge in [0.2, 0.25) is 5.78 Å². The number of rotatable bonds is 4. The predicted octanol–water partition coefficient (Wildman–Crippen LogP) is 4.07. The third kappa shape index (κ3) is 2.89. The van der Waals surface area contributed by atoms with E-state index < -0.39 is 23.5 Å². The molecule has 0 radical (unpaired) electrons. The molecule has 6 heteroatoms. The second kappa shape index (κ2) is 6.81. The molecule has 0 saturated carbocycles. The van der Waals surface area contributed by atoms with E-state index in [0.29, 0.717) is 11.4 Å². The number of furan rings is 1. The number of carbonyl (C=O) groups excluding carboxylic acids is 2. The molecular formula is C22H18N2O4. The van der Waals surface area contributed by atoms with Gasteiger partial charge in [0.05, 0.1) is 17.5 Å². The minimum atomic E-state index is -0.854. The summed E-state index contributed by atoms with van der Waals surface area (Å²) in [4.78, 5) is 31.8. The molecule has 0 bridgehead atoms. The minimum absolute atomic E-state index is 0.0437. The van der Waals surface area contributed by atoms with Crippen molar-refractivity contribution in [3.63, 3.8) is 0 Å². The molecule has 1 aliphatic heterocycles. The monoisotopic (exact) mass is 374 g/mol. The first-order chi connectivity index (χ1) is 13.5. The highest BCUT2D eigenvalue weighted by Crippen LogP contribution is 2.41. The lowest BCUT2D eigenvalue weighted by molar-refractivity contribution is -0.117. The highest BCUT2D eigenvalue weighted by atomic mass is 16.3. The Kier molecular flexibility index (Phi) is 4.31. The molecule has 4 rings (SSSR count). The largest absolute Gasteiger partial charge is 0.503 e. The maximum Gasteiger partial charge on any atom is 0.294 e. The van der Waals surface area contributed by atoms with Gasteiger partial charge in [-0.15, -0.1) is 0 Å². The number of Topliss-reactive ketones (excluding diaryl/α,β-unsaturated/α-hetero) is 1. The van der Waals surface area contributed by atoms with Gasteiger partial charge in [0.1, 0.15) is 6.04 Å². The number of benzene rings is 1. The van der Waals surface area contributed by atoms with Crippen LogP contribution in [0.3, 0.4) is 0 Å². The molecule has 2 aromatic heterocycles. The minimum Gasteiger partial charge on any atom is -0.503 e. The highest BCUT2D eigenvalue weighted by molar-refractivity contribution is 6.20. The lowest BCUT2D eigenvalue weighted by Gasteiger charge is -2.26. The predicted molar refractivity (Wildman–Crippen MR) is 103 cm³/mol. The van der Waals surface area contributed by atoms with Crippen molar-refractivity contribution in [3.05, 3.63) is 94.9 Å². The highest BCUT2D eigenvalue weighted by Gasteiger charge is 2.46. The second-order valence-electron chi connectivity index (χ2n) is 6.75. The topological polar surface area (TPSA) is 83.6 Å². The molecule has 6 nitrogen and oxygen atoms in total. The van der Waals surface area contributed by atoms with Crippen molar-refractivity contribution in [2.45, 2.75) is 19.9 Å². The molecule has 1 amide bonds. The average molecular weight is 374 g/mol. The molecule has 0 saturated heterocycles. The van der Waals surface area contributed by atoms with E-state index in [9.17, 15) is 14.7 Å². The molecule has 1 atom stereocenters. The number of anilines is 1. The summed E-state index contributed by atoms with van der Waals surface area (Å²) in [6.07, 6.45) is 2.96. The van der Waals surface area contributed by atoms with E-state index in [2.05, 4.69) is 4.98 Å². The fourth-order valence-electron chi connectivity index (χ4n) is 3.55. The van der Waals surface area contributed by atoms with Crippen LogP contribution in [0.15, 0.2) is 76.7 Å². The van der Waals surface area contributed by atoms with Gasteiger partial charge in [0, 0.05) is 11.9 Å². The zero-order valence-corrected chi connectivity index (χ0v) is 15.4. The van der Waals surface area contributed by atoms with Gasteiger partial charge in [-0.05, 0) is 61.4 Å². The Morgan fingerprint density at radius 3 is 2.46 bits per heavy atom. The average Bonchev–Trinajstić information content (AvgIpc) is 3.29. The van der Waals surface area contributed by atoms with Gasteiger partial charge in [-0.2, -0.15) is 0 Å². The molecule has 3 heterocycles. The summed E-state index contributed by atoms with van der Waals surface area (Å²) in [6.45, 7) is 3.85. The zero-order valence-electron chi connectivity index (χ0n) is 15.4. The molecule has 1 unspecified atom stereocenters. The molecule has 140 valence electrons. The number of nitrogens with zero attached hydrogens (tertiary/aromatic N) is 2. The molecule has 1 N–H and O–H groups in total. The molecule has 28 heavy (non-hydrogen) atoms. The van der Waals surface area contributed by atoms with Crippen molar-refractivity contribution >= 4 is 17.4 Å². The number of aliphatic hydroxyl groups is 1. The van der Waals surface area contributed by atoms with E-state index in [4.69, 9.17) is 4.42 Å². The van der Waals surface area contributed by atoms with Crippen molar-refractivity contribution < 1.29 is 19.1 Å². The van der Waals surface area contributed by atoms with Gasteiger partial charge in [0.15, 0.2) is 11.5 Å². The number of amides is 1. The van der Waals surface area contributed by atoms with Gasteiger partial charge in [0.25, 0.3) is 5.91 Å². The standard InChI is InChI=1S/C22H18N2O4/c1-13-10-14(2)12-15(11-13)24-19(16-6-3-4-8-23-16)18(21(26)22(24)27)20(25)17-7-5-9-28-17/h3-12,19,26H,1-2H3. The molecule has 3 aromatic rings. The lowest BCUT2D eigenvalue weighted by atomic mass is 9.98. The molecule has 1 aliphatic rings. The van der Waals surface area contributed by atoms with Gasteiger partial charge < -0.3 is 9.52 Å². The van der Waals surface area contributed by atoms with E-state index in [1.807, 2.05) is 32.0 Å². The molecular weight excluding hydrogens is 356 g/mol. The Balaban J connectivity index is 1.90. The van der Waals surface area contributed by atoms with E-state index >= 15 is 0 Å². The van der Waals surface area contributed by atoms with E-state index in [-0.39, 0.29) is 11.3 Å². The Hall–Kier alpha value is -3.67. The van der Waals surface area contributed by atoms with Gasteiger partial charge in [-0.1, -0.05) is 12.1 Å². The number of aromatic nitrogens is 1. The number of hydrogen-bond acceptors (Lipinski definition) is 5. The van der Waals surface area contributed by atoms with Gasteiger partial charge >= 0.3 is 0 Å². The van der Waals surface area contributed by atoms with E-state index in [1.54, 1.807) is 30.5 Å². The summed E-state index contributed by atoms with van der Waals surface area (Å²) in [5.41, 5.74) is 2.96. The number of carbonyl (C=O) groups is 2. The first-order valence-corrected chi connectivity index (χ1v) is 8.81. The number of aryl methyl sites for hydroxylation is 2. The summed E-state index contributed by atoms with van der Waals surface area (Å²) in [5, 5.41) is 10.6. The van der Waals surface area contributed by atoms with Crippen LogP contribution in [-0.2, 0) is 4.79 Å². The SMILES string of the molecule is Cc1cc(C)cc(N2C(=O)C(O)=C(C(=O)c3ccco3)C2c2ccccn2)c1. The van der Waals surface area contributed by atoms with Crippen LogP contribution in [0.5, 0.6) is 0 Å². The van der Waals surface area contributed by atoms with Crippen LogP contribution >= 0.6 is 0 Å². The Bertz CT molecular complexity index is 1060. The van der Waals surface area contributed by atoms with Crippen molar-refractivity contribution in [2.75, 3.05) is 4.90 Å². The molecule has 1 aromatic carbocycles. The van der Waals surface area contributed by atoms with E-state index in [1.165, 1.54) is 17.2 Å². The van der Waals surface area contributed by atoms with Crippen LogP contribution in [0.1, 0.15) is 33.4 Å². The number of ketones is 1. The van der Waals surface area contributed by atoms with Crippen LogP contribution in [0.2, 0.25) is 0 Å². The summed E-state index contributed by atoms with van der Waals surface area (Å²) in [7, 11) is 0. The molecule has 0 fully saturated rings. The number of pyridine rings is 1. The van der Waals surface area contributed by atoms with Crippen LogP contribution in [0.4, 0.5) is 5.69 Å². The first-order valence-electron chi connectivity index (χ1n) is 8.81. The summed E-state index contributed by atoms with van der Waals surface area (Å²) < 4.78 is 5.21. The summed E-state index contributed by atoms with van der Waals surface area (Å²) >= 11 is 0. The van der Waals surface area contributed by atoms with Gasteiger partial charge in [-0.3, -0.25) is 19.5 Å². The third-order valence-corrected chi connectivity index (χ3v) is 4.65. The third-order valence-electron chi connectivity index (χ3n) is 4.65. The maximum absolute atomic E-state index is 13.0. The normalized spacial score (nSPS) is 16.7. The fourth-order valence-corrected chi connectivity index (χ4v) is 3.55. The van der Waals surface area contributed by atoms with Gasteiger partial charge in [-0.25, -0.2) is 0 Å². The summed E-state index contributed by atoms with van der Waals surface area (Å²) in [5.74, 6) is -1.72. The van der Waals surface area contributed by atoms with Crippen molar-refractivity contribution in [2.24, 2.45) is 0 Å². The van der Waals surface area contributed by atoms with E-state index in [0.717, 1.165) is 11.1 Å². The molecule has 0 spiro atoms. The van der Waals surface area contributed by atoms with Crippen LogP contribution in [0.25, 0.3) is 0 Å². The molecule has 0 aliphatic carbocycles. The zero-order chi connectivity index (χ0) is 19.8. The fraction of sp³-hybridized carbons (Fsp3) is 0.136. The second-order valence-corrected chi connectivity index (χ2v) is 6.75. The lowest BCUT2D eigenvalue weighted by Crippen LogP contribution is -2.31. The summed E-state index contributed by atoms with van der Waals surface area (Å²) in [6, 6.07) is 13.1. The van der Waals surface area contributed by atoms with Crippen molar-refractivity contribution in [3.8, 4) is 0 Å². The Labute approximate surface area is 161 Å². The quantitative estimate of drug-likeness (QED) is 0.696. The van der Waals surface area contributed by atoms with Crippen LogP contribution in [-0.4, -0.2) is 21.8 Å². The number of hydrogen-bond donors (Lipinski definition) is 1. The Morgan fingerprint density at radius 2 is 1.86 bits per heavy atom. The smallest absolute Gasteiger partial charge is 0.294 e. The Morgan fingerprint density at radius 1 is 1.11 bits per heavy atom.